The summed E-state index contributed by atoms with van der Waals surface area (Å²) < 4.78 is 7.63. The van der Waals surface area contributed by atoms with Gasteiger partial charge >= 0.3 is 5.97 Å². The quantitative estimate of drug-likeness (QED) is 0.520. The summed E-state index contributed by atoms with van der Waals surface area (Å²) in [5.74, 6) is -0.187. The number of hydrogen-bond donors (Lipinski definition) is 1. The SMILES string of the molecule is CC(C)(C)OC(=O)CCNCc1ccc2n1CCCN=C2c1ccc(Cl)c(Cl)c1. The Hall–Kier alpha value is -1.82. The maximum absolute atomic E-state index is 11.8. The number of hydrogen-bond acceptors (Lipinski definition) is 4. The van der Waals surface area contributed by atoms with Crippen molar-refractivity contribution in [3.05, 3.63) is 57.3 Å². The minimum atomic E-state index is -0.448. The minimum absolute atomic E-state index is 0.187. The summed E-state index contributed by atoms with van der Waals surface area (Å²) in [6.45, 7) is 8.55. The van der Waals surface area contributed by atoms with Crippen LogP contribution in [0.5, 0.6) is 0 Å². The van der Waals surface area contributed by atoms with Crippen molar-refractivity contribution in [2.24, 2.45) is 4.99 Å². The van der Waals surface area contributed by atoms with Gasteiger partial charge in [0.1, 0.15) is 5.60 Å². The van der Waals surface area contributed by atoms with Crippen molar-refractivity contribution < 1.29 is 9.53 Å². The van der Waals surface area contributed by atoms with Gasteiger partial charge in [-0.05, 0) is 51.5 Å². The molecule has 1 N–H and O–H groups in total. The molecule has 5 nitrogen and oxygen atoms in total. The average Bonchev–Trinajstić information content (AvgIpc) is 2.90. The number of nitrogens with one attached hydrogen (secondary N) is 1. The lowest BCUT2D eigenvalue weighted by atomic mass is 10.1. The fourth-order valence-corrected chi connectivity index (χ4v) is 3.62. The number of esters is 1. The fraction of sp³-hybridized carbons (Fsp3) is 0.455. The van der Waals surface area contributed by atoms with Crippen molar-refractivity contribution in [1.82, 2.24) is 9.88 Å². The first kappa shape index (κ1) is 21.9. The molecule has 1 aliphatic rings. The van der Waals surface area contributed by atoms with Crippen molar-refractivity contribution in [3.63, 3.8) is 0 Å². The molecule has 1 aromatic heterocycles. The predicted octanol–water partition coefficient (Wildman–Crippen LogP) is 4.86. The Morgan fingerprint density at radius 3 is 2.72 bits per heavy atom. The van der Waals surface area contributed by atoms with Crippen molar-refractivity contribution in [2.75, 3.05) is 13.1 Å². The van der Waals surface area contributed by atoms with Gasteiger partial charge in [-0.3, -0.25) is 9.79 Å². The second-order valence-corrected chi connectivity index (χ2v) is 8.90. The number of aliphatic imine (C=N–C) groups is 1. The molecule has 2 heterocycles. The van der Waals surface area contributed by atoms with Gasteiger partial charge in [-0.2, -0.15) is 0 Å². The summed E-state index contributed by atoms with van der Waals surface area (Å²) in [7, 11) is 0. The topological polar surface area (TPSA) is 55.6 Å². The molecule has 7 heteroatoms. The Bertz CT molecular complexity index is 913. The number of nitrogens with zero attached hydrogens (tertiary/aromatic N) is 2. The van der Waals surface area contributed by atoms with Crippen LogP contribution in [0.25, 0.3) is 0 Å². The van der Waals surface area contributed by atoms with E-state index in [2.05, 4.69) is 22.0 Å². The molecular weight excluding hydrogens is 409 g/mol. The third-order valence-electron chi connectivity index (χ3n) is 4.55. The van der Waals surface area contributed by atoms with Crippen LogP contribution in [0.1, 0.15) is 50.6 Å². The molecule has 156 valence electrons. The Kier molecular flexibility index (Phi) is 7.04. The van der Waals surface area contributed by atoms with Gasteiger partial charge in [0, 0.05) is 37.4 Å². The lowest BCUT2D eigenvalue weighted by molar-refractivity contribution is -0.154. The van der Waals surface area contributed by atoms with E-state index in [1.807, 2.05) is 32.9 Å². The number of aromatic nitrogens is 1. The largest absolute Gasteiger partial charge is 0.460 e. The Balaban J connectivity index is 1.67. The second-order valence-electron chi connectivity index (χ2n) is 8.09. The van der Waals surface area contributed by atoms with Gasteiger partial charge in [0.05, 0.1) is 27.9 Å². The number of carbonyl (C=O) groups is 1. The van der Waals surface area contributed by atoms with Gasteiger partial charge < -0.3 is 14.6 Å². The van der Waals surface area contributed by atoms with Crippen LogP contribution in [-0.4, -0.2) is 34.9 Å². The molecular formula is C22H27Cl2N3O2. The van der Waals surface area contributed by atoms with E-state index < -0.39 is 5.60 Å². The van der Waals surface area contributed by atoms with E-state index in [0.29, 0.717) is 29.6 Å². The molecule has 0 bridgehead atoms. The lowest BCUT2D eigenvalue weighted by Crippen LogP contribution is -2.27. The Labute approximate surface area is 182 Å². The predicted molar refractivity (Wildman–Crippen MR) is 118 cm³/mol. The average molecular weight is 436 g/mol. The first-order valence-electron chi connectivity index (χ1n) is 9.86. The highest BCUT2D eigenvalue weighted by Gasteiger charge is 2.19. The molecule has 2 aromatic rings. The normalized spacial score (nSPS) is 14.2. The minimum Gasteiger partial charge on any atom is -0.460 e. The highest BCUT2D eigenvalue weighted by molar-refractivity contribution is 6.42. The number of ether oxygens (including phenoxy) is 1. The fourth-order valence-electron chi connectivity index (χ4n) is 3.32. The van der Waals surface area contributed by atoms with Gasteiger partial charge in [-0.1, -0.05) is 29.3 Å². The molecule has 0 saturated carbocycles. The van der Waals surface area contributed by atoms with Crippen LogP contribution in [0.4, 0.5) is 0 Å². The van der Waals surface area contributed by atoms with Gasteiger partial charge in [0.15, 0.2) is 0 Å². The summed E-state index contributed by atoms with van der Waals surface area (Å²) in [5.41, 5.74) is 3.69. The molecule has 3 rings (SSSR count). The number of halogens is 2. The third-order valence-corrected chi connectivity index (χ3v) is 5.29. The van der Waals surface area contributed by atoms with Crippen molar-refractivity contribution in [2.45, 2.75) is 52.3 Å². The smallest absolute Gasteiger partial charge is 0.307 e. The molecule has 0 fully saturated rings. The zero-order valence-corrected chi connectivity index (χ0v) is 18.6. The van der Waals surface area contributed by atoms with Crippen LogP contribution in [0.2, 0.25) is 10.0 Å². The molecule has 0 radical (unpaired) electrons. The Morgan fingerprint density at radius 1 is 1.21 bits per heavy atom. The first-order chi connectivity index (χ1) is 13.7. The molecule has 1 aliphatic heterocycles. The number of rotatable bonds is 6. The van der Waals surface area contributed by atoms with E-state index in [9.17, 15) is 4.79 Å². The van der Waals surface area contributed by atoms with Crippen LogP contribution in [0, 0.1) is 0 Å². The van der Waals surface area contributed by atoms with E-state index in [1.54, 1.807) is 6.07 Å². The maximum atomic E-state index is 11.8. The first-order valence-corrected chi connectivity index (χ1v) is 10.6. The zero-order chi connectivity index (χ0) is 21.0. The van der Waals surface area contributed by atoms with Crippen LogP contribution in [0.15, 0.2) is 35.3 Å². The van der Waals surface area contributed by atoms with Crippen molar-refractivity contribution in [3.8, 4) is 0 Å². The molecule has 29 heavy (non-hydrogen) atoms. The molecule has 0 amide bonds. The van der Waals surface area contributed by atoms with Gasteiger partial charge in [-0.25, -0.2) is 0 Å². The lowest BCUT2D eigenvalue weighted by Gasteiger charge is -2.19. The summed E-state index contributed by atoms with van der Waals surface area (Å²) in [4.78, 5) is 16.6. The molecule has 1 aromatic carbocycles. The summed E-state index contributed by atoms with van der Waals surface area (Å²) in [6, 6.07) is 9.82. The molecule has 0 aliphatic carbocycles. The number of benzene rings is 1. The summed E-state index contributed by atoms with van der Waals surface area (Å²) in [5, 5.41) is 4.41. The number of carbonyl (C=O) groups excluding carboxylic acids is 1. The summed E-state index contributed by atoms with van der Waals surface area (Å²) >= 11 is 12.3. The third kappa shape index (κ3) is 5.84. The summed E-state index contributed by atoms with van der Waals surface area (Å²) in [6.07, 6.45) is 1.32. The maximum Gasteiger partial charge on any atom is 0.307 e. The zero-order valence-electron chi connectivity index (χ0n) is 17.1. The van der Waals surface area contributed by atoms with Gasteiger partial charge in [-0.15, -0.1) is 0 Å². The number of fused-ring (bicyclic) bond motifs is 1. The van der Waals surface area contributed by atoms with Crippen LogP contribution in [0.3, 0.4) is 0 Å². The van der Waals surface area contributed by atoms with Crippen LogP contribution in [-0.2, 0) is 22.6 Å². The monoisotopic (exact) mass is 435 g/mol. The van der Waals surface area contributed by atoms with Crippen LogP contribution < -0.4 is 5.32 Å². The molecule has 0 atom stereocenters. The van der Waals surface area contributed by atoms with E-state index in [0.717, 1.165) is 36.5 Å². The highest BCUT2D eigenvalue weighted by atomic mass is 35.5. The van der Waals surface area contributed by atoms with E-state index in [4.69, 9.17) is 32.9 Å². The van der Waals surface area contributed by atoms with Gasteiger partial charge in [0.2, 0.25) is 0 Å². The second kappa shape index (κ2) is 9.33. The standard InChI is InChI=1S/C22H27Cl2N3O2/c1-22(2,3)29-20(28)9-11-25-14-16-6-8-19-21(26-10-4-12-27(16)19)15-5-7-17(23)18(24)13-15/h5-8,13,25H,4,9-12,14H2,1-3H3. The molecule has 0 spiro atoms. The molecule has 0 unspecified atom stereocenters. The van der Waals surface area contributed by atoms with Crippen LogP contribution >= 0.6 is 23.2 Å². The van der Waals surface area contributed by atoms with E-state index >= 15 is 0 Å². The van der Waals surface area contributed by atoms with E-state index in [-0.39, 0.29) is 5.97 Å². The van der Waals surface area contributed by atoms with Crippen molar-refractivity contribution >= 4 is 34.9 Å². The van der Waals surface area contributed by atoms with Gasteiger partial charge in [0.25, 0.3) is 0 Å². The van der Waals surface area contributed by atoms with Crippen molar-refractivity contribution in [1.29, 1.82) is 0 Å². The van der Waals surface area contributed by atoms with E-state index in [1.165, 1.54) is 5.69 Å². The highest BCUT2D eigenvalue weighted by Crippen LogP contribution is 2.26. The molecule has 0 saturated heterocycles. The Morgan fingerprint density at radius 2 is 2.00 bits per heavy atom.